The van der Waals surface area contributed by atoms with Gasteiger partial charge in [0.15, 0.2) is 5.82 Å². The fraction of sp³-hybridized carbons (Fsp3) is 0.0833. The summed E-state index contributed by atoms with van der Waals surface area (Å²) in [6, 6.07) is 4.99. The van der Waals surface area contributed by atoms with Crippen LogP contribution in [0.15, 0.2) is 41.1 Å². The molecular weight excluding hydrogens is 322 g/mol. The molecule has 0 saturated heterocycles. The molecule has 0 spiro atoms. The SMILES string of the molecule is O=C(O)C(F)(F)c1cccc(-c2ncc(Br)cn2)c1. The maximum Gasteiger partial charge on any atom is 0.379 e. The molecule has 19 heavy (non-hydrogen) atoms. The van der Waals surface area contributed by atoms with Gasteiger partial charge in [0.2, 0.25) is 0 Å². The van der Waals surface area contributed by atoms with Crippen molar-refractivity contribution < 1.29 is 18.7 Å². The fourth-order valence-corrected chi connectivity index (χ4v) is 1.64. The predicted molar refractivity (Wildman–Crippen MR) is 66.7 cm³/mol. The lowest BCUT2D eigenvalue weighted by Gasteiger charge is -2.12. The average molecular weight is 329 g/mol. The lowest BCUT2D eigenvalue weighted by Crippen LogP contribution is -2.25. The van der Waals surface area contributed by atoms with E-state index in [-0.39, 0.29) is 5.82 Å². The van der Waals surface area contributed by atoms with Gasteiger partial charge in [-0.3, -0.25) is 0 Å². The summed E-state index contributed by atoms with van der Waals surface area (Å²) in [6.07, 6.45) is 2.95. The number of carbonyl (C=O) groups is 1. The number of carboxylic acid groups (broad SMARTS) is 1. The van der Waals surface area contributed by atoms with Crippen molar-refractivity contribution in [2.75, 3.05) is 0 Å². The molecule has 0 bridgehead atoms. The first-order valence-electron chi connectivity index (χ1n) is 5.11. The molecule has 0 fully saturated rings. The molecule has 98 valence electrons. The Morgan fingerprint density at radius 2 is 1.89 bits per heavy atom. The molecule has 2 aromatic rings. The van der Waals surface area contributed by atoms with Crippen LogP contribution < -0.4 is 0 Å². The number of rotatable bonds is 3. The highest BCUT2D eigenvalue weighted by Crippen LogP contribution is 2.30. The standard InChI is InChI=1S/C12H7BrF2N2O2/c13-9-5-16-10(17-6-9)7-2-1-3-8(4-7)12(14,15)11(18)19/h1-6H,(H,18,19). The van der Waals surface area contributed by atoms with Crippen LogP contribution in [0, 0.1) is 0 Å². The van der Waals surface area contributed by atoms with Gasteiger partial charge in [0.1, 0.15) is 0 Å². The summed E-state index contributed by atoms with van der Waals surface area (Å²) in [5.74, 6) is -5.89. The quantitative estimate of drug-likeness (QED) is 0.940. The summed E-state index contributed by atoms with van der Waals surface area (Å²) in [4.78, 5) is 18.5. The van der Waals surface area contributed by atoms with Gasteiger partial charge in [-0.15, -0.1) is 0 Å². The molecule has 7 heteroatoms. The lowest BCUT2D eigenvalue weighted by molar-refractivity contribution is -0.166. The van der Waals surface area contributed by atoms with E-state index in [1.54, 1.807) is 0 Å². The molecule has 0 unspecified atom stereocenters. The summed E-state index contributed by atoms with van der Waals surface area (Å²) >= 11 is 3.16. The first kappa shape index (κ1) is 13.5. The Morgan fingerprint density at radius 1 is 1.26 bits per heavy atom. The van der Waals surface area contributed by atoms with Crippen LogP contribution in [0.25, 0.3) is 11.4 Å². The number of aliphatic carboxylic acids is 1. The number of hydrogen-bond acceptors (Lipinski definition) is 3. The van der Waals surface area contributed by atoms with E-state index in [9.17, 15) is 13.6 Å². The highest BCUT2D eigenvalue weighted by atomic mass is 79.9. The molecule has 0 aliphatic carbocycles. The zero-order valence-electron chi connectivity index (χ0n) is 9.35. The van der Waals surface area contributed by atoms with Crippen molar-refractivity contribution in [2.45, 2.75) is 5.92 Å². The fourth-order valence-electron chi connectivity index (χ4n) is 1.44. The highest BCUT2D eigenvalue weighted by molar-refractivity contribution is 9.10. The van der Waals surface area contributed by atoms with Crippen molar-refractivity contribution in [3.8, 4) is 11.4 Å². The van der Waals surface area contributed by atoms with Crippen LogP contribution in [0.2, 0.25) is 0 Å². The number of carboxylic acids is 1. The van der Waals surface area contributed by atoms with Gasteiger partial charge in [-0.05, 0) is 22.0 Å². The second kappa shape index (κ2) is 5.00. The van der Waals surface area contributed by atoms with Crippen LogP contribution >= 0.6 is 15.9 Å². The highest BCUT2D eigenvalue weighted by Gasteiger charge is 2.41. The molecule has 0 amide bonds. The normalized spacial score (nSPS) is 11.3. The summed E-state index contributed by atoms with van der Waals surface area (Å²) in [5, 5.41) is 8.51. The molecule has 1 aromatic carbocycles. The van der Waals surface area contributed by atoms with Gasteiger partial charge in [-0.25, -0.2) is 14.8 Å². The largest absolute Gasteiger partial charge is 0.477 e. The smallest absolute Gasteiger partial charge is 0.379 e. The van der Waals surface area contributed by atoms with Crippen molar-refractivity contribution in [2.24, 2.45) is 0 Å². The van der Waals surface area contributed by atoms with Crippen LogP contribution in [0.5, 0.6) is 0 Å². The number of alkyl halides is 2. The van der Waals surface area contributed by atoms with Gasteiger partial charge in [0, 0.05) is 23.5 Å². The summed E-state index contributed by atoms with van der Waals surface area (Å²) in [5.41, 5.74) is -0.282. The average Bonchev–Trinajstić information content (AvgIpc) is 2.39. The Balaban J connectivity index is 2.45. The Kier molecular flexibility index (Phi) is 3.57. The van der Waals surface area contributed by atoms with Crippen molar-refractivity contribution >= 4 is 21.9 Å². The first-order valence-corrected chi connectivity index (χ1v) is 5.90. The van der Waals surface area contributed by atoms with Crippen LogP contribution in [0.1, 0.15) is 5.56 Å². The van der Waals surface area contributed by atoms with E-state index in [1.807, 2.05) is 0 Å². The number of hydrogen-bond donors (Lipinski definition) is 1. The molecule has 2 rings (SSSR count). The summed E-state index contributed by atoms with van der Waals surface area (Å²) < 4.78 is 27.4. The molecule has 0 aliphatic heterocycles. The third kappa shape index (κ3) is 2.76. The van der Waals surface area contributed by atoms with Gasteiger partial charge in [-0.2, -0.15) is 8.78 Å². The monoisotopic (exact) mass is 328 g/mol. The van der Waals surface area contributed by atoms with E-state index in [0.29, 0.717) is 10.0 Å². The number of aromatic nitrogens is 2. The van der Waals surface area contributed by atoms with Crippen molar-refractivity contribution in [3.63, 3.8) is 0 Å². The van der Waals surface area contributed by atoms with Crippen LogP contribution in [-0.2, 0) is 10.7 Å². The van der Waals surface area contributed by atoms with Gasteiger partial charge < -0.3 is 5.11 Å². The van der Waals surface area contributed by atoms with Crippen LogP contribution in [-0.4, -0.2) is 21.0 Å². The topological polar surface area (TPSA) is 63.1 Å². The Hall–Kier alpha value is -1.89. The van der Waals surface area contributed by atoms with Gasteiger partial charge in [0.25, 0.3) is 0 Å². The predicted octanol–water partition coefficient (Wildman–Crippen LogP) is 3.08. The Bertz CT molecular complexity index is 617. The number of nitrogens with zero attached hydrogens (tertiary/aromatic N) is 2. The third-order valence-electron chi connectivity index (χ3n) is 2.37. The summed E-state index contributed by atoms with van der Waals surface area (Å²) in [6.45, 7) is 0. The molecule has 1 heterocycles. The lowest BCUT2D eigenvalue weighted by atomic mass is 10.0. The van der Waals surface area contributed by atoms with Crippen LogP contribution in [0.4, 0.5) is 8.78 Å². The molecule has 1 N–H and O–H groups in total. The van der Waals surface area contributed by atoms with Gasteiger partial charge >= 0.3 is 11.9 Å². The Morgan fingerprint density at radius 3 is 2.47 bits per heavy atom. The van der Waals surface area contributed by atoms with E-state index in [4.69, 9.17) is 5.11 Å². The minimum absolute atomic E-state index is 0.242. The third-order valence-corrected chi connectivity index (χ3v) is 2.78. The van der Waals surface area contributed by atoms with Crippen molar-refractivity contribution in [3.05, 3.63) is 46.7 Å². The maximum absolute atomic E-state index is 13.4. The zero-order valence-corrected chi connectivity index (χ0v) is 10.9. The second-order valence-electron chi connectivity index (χ2n) is 3.69. The minimum atomic E-state index is -3.94. The minimum Gasteiger partial charge on any atom is -0.477 e. The molecule has 0 radical (unpaired) electrons. The van der Waals surface area contributed by atoms with E-state index in [0.717, 1.165) is 12.1 Å². The van der Waals surface area contributed by atoms with Crippen LogP contribution in [0.3, 0.4) is 0 Å². The molecular formula is C12H7BrF2N2O2. The second-order valence-corrected chi connectivity index (χ2v) is 4.60. The first-order chi connectivity index (χ1) is 8.91. The van der Waals surface area contributed by atoms with Crippen molar-refractivity contribution in [1.82, 2.24) is 9.97 Å². The zero-order chi connectivity index (χ0) is 14.0. The van der Waals surface area contributed by atoms with E-state index >= 15 is 0 Å². The summed E-state index contributed by atoms with van der Waals surface area (Å²) in [7, 11) is 0. The molecule has 0 aliphatic rings. The Labute approximate surface area is 115 Å². The molecule has 0 saturated carbocycles. The molecule has 1 aromatic heterocycles. The number of halogens is 3. The van der Waals surface area contributed by atoms with Gasteiger partial charge in [0.05, 0.1) is 4.47 Å². The van der Waals surface area contributed by atoms with E-state index in [1.165, 1.54) is 24.5 Å². The molecule has 4 nitrogen and oxygen atoms in total. The maximum atomic E-state index is 13.4. The van der Waals surface area contributed by atoms with E-state index in [2.05, 4.69) is 25.9 Å². The van der Waals surface area contributed by atoms with Crippen molar-refractivity contribution in [1.29, 1.82) is 0 Å². The molecule has 0 atom stereocenters. The van der Waals surface area contributed by atoms with E-state index < -0.39 is 17.5 Å². The number of benzene rings is 1. The van der Waals surface area contributed by atoms with Gasteiger partial charge in [-0.1, -0.05) is 18.2 Å².